The van der Waals surface area contributed by atoms with Crippen molar-refractivity contribution in [1.82, 2.24) is 9.88 Å². The van der Waals surface area contributed by atoms with Gasteiger partial charge < -0.3 is 9.64 Å². The van der Waals surface area contributed by atoms with Gasteiger partial charge in [-0.05, 0) is 18.6 Å². The molecule has 2 heterocycles. The fraction of sp³-hybridized carbons (Fsp3) is 0.476. The fourth-order valence-corrected chi connectivity index (χ4v) is 3.29. The molecule has 25 heavy (non-hydrogen) atoms. The third-order valence-corrected chi connectivity index (χ3v) is 4.75. The molecule has 3 rings (SSSR count). The van der Waals surface area contributed by atoms with Crippen molar-refractivity contribution in [3.05, 3.63) is 43.0 Å². The van der Waals surface area contributed by atoms with E-state index in [1.807, 2.05) is 12.1 Å². The molecule has 0 N–H and O–H groups in total. The first-order valence-electron chi connectivity index (χ1n) is 9.42. The highest BCUT2D eigenvalue weighted by atomic mass is 16.5. The Hall–Kier alpha value is -2.07. The minimum Gasteiger partial charge on any atom is -0.493 e. The molecular weight excluding hydrogens is 310 g/mol. The van der Waals surface area contributed by atoms with Crippen molar-refractivity contribution < 1.29 is 4.74 Å². The number of hydrogen-bond donors (Lipinski definition) is 0. The van der Waals surface area contributed by atoms with Gasteiger partial charge in [0, 0.05) is 44.2 Å². The zero-order valence-electron chi connectivity index (χ0n) is 15.3. The fourth-order valence-electron chi connectivity index (χ4n) is 3.29. The molecule has 0 amide bonds. The molecule has 1 aromatic heterocycles. The van der Waals surface area contributed by atoms with E-state index in [4.69, 9.17) is 9.72 Å². The normalized spacial score (nSPS) is 15.5. The van der Waals surface area contributed by atoms with Crippen LogP contribution in [0.2, 0.25) is 0 Å². The van der Waals surface area contributed by atoms with Gasteiger partial charge in [0.2, 0.25) is 0 Å². The number of rotatable bonds is 8. The molecule has 0 spiro atoms. The molecule has 4 heteroatoms. The maximum Gasteiger partial charge on any atom is 0.133 e. The monoisotopic (exact) mass is 339 g/mol. The number of pyridine rings is 1. The van der Waals surface area contributed by atoms with Crippen molar-refractivity contribution in [2.75, 3.05) is 44.2 Å². The van der Waals surface area contributed by atoms with E-state index >= 15 is 0 Å². The van der Waals surface area contributed by atoms with E-state index in [2.05, 4.69) is 47.6 Å². The Morgan fingerprint density at radius 3 is 2.72 bits per heavy atom. The molecule has 2 aromatic rings. The van der Waals surface area contributed by atoms with Crippen molar-refractivity contribution in [3.8, 4) is 5.75 Å². The molecule has 0 atom stereocenters. The van der Waals surface area contributed by atoms with Gasteiger partial charge in [-0.3, -0.25) is 4.90 Å². The van der Waals surface area contributed by atoms with Crippen LogP contribution in [0.1, 0.15) is 26.2 Å². The smallest absolute Gasteiger partial charge is 0.133 e. The first-order chi connectivity index (χ1) is 12.3. The van der Waals surface area contributed by atoms with E-state index in [0.717, 1.165) is 68.2 Å². The van der Waals surface area contributed by atoms with Crippen LogP contribution < -0.4 is 9.64 Å². The Kier molecular flexibility index (Phi) is 6.29. The lowest BCUT2D eigenvalue weighted by Gasteiger charge is -2.35. The minimum absolute atomic E-state index is 0.772. The number of nitrogens with zero attached hydrogens (tertiary/aromatic N) is 3. The molecule has 0 aliphatic carbocycles. The predicted molar refractivity (Wildman–Crippen MR) is 106 cm³/mol. The Labute approximate surface area is 151 Å². The molecule has 134 valence electrons. The topological polar surface area (TPSA) is 28.6 Å². The number of benzene rings is 1. The number of hydrogen-bond acceptors (Lipinski definition) is 4. The van der Waals surface area contributed by atoms with E-state index in [0.29, 0.717) is 0 Å². The van der Waals surface area contributed by atoms with Gasteiger partial charge in [0.05, 0.1) is 12.1 Å². The van der Waals surface area contributed by atoms with Crippen LogP contribution in [0, 0.1) is 0 Å². The van der Waals surface area contributed by atoms with Gasteiger partial charge in [-0.15, -0.1) is 6.58 Å². The van der Waals surface area contributed by atoms with Crippen LogP contribution in [0.15, 0.2) is 43.0 Å². The second-order valence-electron chi connectivity index (χ2n) is 6.63. The number of piperazine rings is 1. The van der Waals surface area contributed by atoms with Gasteiger partial charge in [0.1, 0.15) is 11.6 Å². The SMILES string of the molecule is C=CCN1CCN(c2cc(OCCCCC)c3ccccc3n2)CC1. The highest BCUT2D eigenvalue weighted by Crippen LogP contribution is 2.29. The zero-order valence-corrected chi connectivity index (χ0v) is 15.3. The van der Waals surface area contributed by atoms with Gasteiger partial charge >= 0.3 is 0 Å². The Morgan fingerprint density at radius 2 is 1.96 bits per heavy atom. The van der Waals surface area contributed by atoms with Crippen LogP contribution in [-0.2, 0) is 0 Å². The van der Waals surface area contributed by atoms with Gasteiger partial charge in [0.25, 0.3) is 0 Å². The lowest BCUT2D eigenvalue weighted by atomic mass is 10.2. The number of anilines is 1. The summed E-state index contributed by atoms with van der Waals surface area (Å²) in [7, 11) is 0. The van der Waals surface area contributed by atoms with Crippen LogP contribution in [0.25, 0.3) is 10.9 Å². The summed E-state index contributed by atoms with van der Waals surface area (Å²) in [6.07, 6.45) is 5.50. The van der Waals surface area contributed by atoms with E-state index in [1.165, 1.54) is 12.8 Å². The number of fused-ring (bicyclic) bond motifs is 1. The largest absolute Gasteiger partial charge is 0.493 e. The molecule has 1 fully saturated rings. The molecular formula is C21H29N3O. The molecule has 1 aliphatic heterocycles. The first-order valence-corrected chi connectivity index (χ1v) is 9.42. The summed E-state index contributed by atoms with van der Waals surface area (Å²) in [6, 6.07) is 10.4. The van der Waals surface area contributed by atoms with Crippen molar-refractivity contribution in [1.29, 1.82) is 0 Å². The maximum absolute atomic E-state index is 6.12. The molecule has 1 aliphatic rings. The van der Waals surface area contributed by atoms with Gasteiger partial charge in [0.15, 0.2) is 0 Å². The summed E-state index contributed by atoms with van der Waals surface area (Å²) in [4.78, 5) is 9.67. The number of unbranched alkanes of at least 4 members (excludes halogenated alkanes) is 2. The van der Waals surface area contributed by atoms with Crippen molar-refractivity contribution in [2.45, 2.75) is 26.2 Å². The van der Waals surface area contributed by atoms with E-state index in [9.17, 15) is 0 Å². The van der Waals surface area contributed by atoms with Gasteiger partial charge in [-0.2, -0.15) is 0 Å². The molecule has 0 bridgehead atoms. The summed E-state index contributed by atoms with van der Waals surface area (Å²) in [6.45, 7) is 11.9. The zero-order chi connectivity index (χ0) is 17.5. The lowest BCUT2D eigenvalue weighted by molar-refractivity contribution is 0.283. The predicted octanol–water partition coefficient (Wildman–Crippen LogP) is 4.11. The summed E-state index contributed by atoms with van der Waals surface area (Å²) >= 11 is 0. The highest BCUT2D eigenvalue weighted by Gasteiger charge is 2.18. The third-order valence-electron chi connectivity index (χ3n) is 4.75. The Morgan fingerprint density at radius 1 is 1.16 bits per heavy atom. The van der Waals surface area contributed by atoms with Crippen molar-refractivity contribution in [3.63, 3.8) is 0 Å². The summed E-state index contributed by atoms with van der Waals surface area (Å²) in [5.41, 5.74) is 1.01. The number of ether oxygens (including phenoxy) is 1. The number of aromatic nitrogens is 1. The summed E-state index contributed by atoms with van der Waals surface area (Å²) < 4.78 is 6.12. The summed E-state index contributed by atoms with van der Waals surface area (Å²) in [5.74, 6) is 1.99. The standard InChI is InChI=1S/C21H29N3O/c1-3-5-8-16-25-20-17-21(22-19-10-7-6-9-18(19)20)24-14-12-23(11-4-2)13-15-24/h4,6-7,9-10,17H,2-3,5,8,11-16H2,1H3. The molecule has 4 nitrogen and oxygen atoms in total. The van der Waals surface area contributed by atoms with Gasteiger partial charge in [-0.1, -0.05) is 38.0 Å². The van der Waals surface area contributed by atoms with Crippen LogP contribution in [0.3, 0.4) is 0 Å². The molecule has 0 saturated carbocycles. The third kappa shape index (κ3) is 4.51. The molecule has 0 unspecified atom stereocenters. The van der Waals surface area contributed by atoms with E-state index < -0.39 is 0 Å². The average molecular weight is 339 g/mol. The van der Waals surface area contributed by atoms with Crippen LogP contribution in [0.4, 0.5) is 5.82 Å². The maximum atomic E-state index is 6.12. The first kappa shape index (κ1) is 17.7. The van der Waals surface area contributed by atoms with Crippen LogP contribution >= 0.6 is 0 Å². The van der Waals surface area contributed by atoms with Crippen LogP contribution in [-0.4, -0.2) is 49.2 Å². The van der Waals surface area contributed by atoms with Crippen LogP contribution in [0.5, 0.6) is 5.75 Å². The average Bonchev–Trinajstić information content (AvgIpc) is 2.66. The highest BCUT2D eigenvalue weighted by molar-refractivity contribution is 5.87. The molecule has 1 saturated heterocycles. The lowest BCUT2D eigenvalue weighted by Crippen LogP contribution is -2.46. The van der Waals surface area contributed by atoms with E-state index in [-0.39, 0.29) is 0 Å². The Bertz CT molecular complexity index is 693. The van der Waals surface area contributed by atoms with E-state index in [1.54, 1.807) is 0 Å². The molecule has 0 radical (unpaired) electrons. The van der Waals surface area contributed by atoms with Crippen molar-refractivity contribution >= 4 is 16.7 Å². The Balaban J connectivity index is 1.77. The minimum atomic E-state index is 0.772. The summed E-state index contributed by atoms with van der Waals surface area (Å²) in [5, 5.41) is 1.10. The second kappa shape index (κ2) is 8.86. The van der Waals surface area contributed by atoms with Gasteiger partial charge in [-0.25, -0.2) is 4.98 Å². The quantitative estimate of drug-likeness (QED) is 0.534. The number of para-hydroxylation sites is 1. The second-order valence-corrected chi connectivity index (χ2v) is 6.63. The van der Waals surface area contributed by atoms with Crippen molar-refractivity contribution in [2.24, 2.45) is 0 Å². The molecule has 1 aromatic carbocycles.